The van der Waals surface area contributed by atoms with Gasteiger partial charge in [-0.05, 0) is 32.8 Å². The summed E-state index contributed by atoms with van der Waals surface area (Å²) in [4.78, 5) is 13.4. The van der Waals surface area contributed by atoms with E-state index in [4.69, 9.17) is 0 Å². The summed E-state index contributed by atoms with van der Waals surface area (Å²) in [6, 6.07) is 5.77. The summed E-state index contributed by atoms with van der Waals surface area (Å²) in [5, 5.41) is 7.43. The minimum absolute atomic E-state index is 0.164. The Morgan fingerprint density at radius 3 is 2.55 bits per heavy atom. The number of nitrogens with zero attached hydrogens (tertiary/aromatic N) is 3. The third-order valence-corrected chi connectivity index (χ3v) is 5.76. The zero-order chi connectivity index (χ0) is 22.0. The van der Waals surface area contributed by atoms with Gasteiger partial charge in [0.2, 0.25) is 0 Å². The Balaban J connectivity index is 1.64. The first-order valence-corrected chi connectivity index (χ1v) is 10.7. The number of rotatable bonds is 6. The van der Waals surface area contributed by atoms with E-state index >= 15 is 0 Å². The molecule has 0 bridgehead atoms. The number of nitrogens with one attached hydrogen (secondary N) is 2. The monoisotopic (exact) mass is 429 g/mol. The van der Waals surface area contributed by atoms with Crippen LogP contribution in [-0.2, 0) is 0 Å². The highest BCUT2D eigenvalue weighted by Crippen LogP contribution is 2.31. The van der Waals surface area contributed by atoms with E-state index in [-0.39, 0.29) is 5.56 Å². The van der Waals surface area contributed by atoms with Crippen LogP contribution in [0.15, 0.2) is 30.5 Å². The van der Waals surface area contributed by atoms with Gasteiger partial charge in [0.05, 0.1) is 23.3 Å². The van der Waals surface area contributed by atoms with Crippen molar-refractivity contribution in [3.63, 3.8) is 0 Å². The van der Waals surface area contributed by atoms with E-state index in [2.05, 4.69) is 25.6 Å². The van der Waals surface area contributed by atoms with Crippen LogP contribution in [-0.4, -0.2) is 21.0 Å². The van der Waals surface area contributed by atoms with Crippen LogP contribution < -0.4 is 10.6 Å². The van der Waals surface area contributed by atoms with E-state index in [0.29, 0.717) is 23.2 Å². The lowest BCUT2D eigenvalue weighted by atomic mass is 9.95. The fourth-order valence-electron chi connectivity index (χ4n) is 4.15. The standard InChI is InChI=1S/C23H26F3N5/c1-13(16-9-6-10-17(21(16)24)22(25)26)28-23-18-11-20(31-15-7-4-3-5-8-15)27-12-19(18)29-14(2)30-23/h6,9-13,15,22H,3-5,7-8H2,1-2H3,(H,27,31)(H,28,29,30)/t13-/m1/s1. The highest BCUT2D eigenvalue weighted by atomic mass is 19.3. The molecule has 0 radical (unpaired) electrons. The summed E-state index contributed by atoms with van der Waals surface area (Å²) < 4.78 is 40.8. The average Bonchev–Trinajstić information content (AvgIpc) is 2.74. The maximum Gasteiger partial charge on any atom is 0.266 e. The highest BCUT2D eigenvalue weighted by Gasteiger charge is 2.21. The summed E-state index contributed by atoms with van der Waals surface area (Å²) in [6.45, 7) is 3.49. The van der Waals surface area contributed by atoms with Gasteiger partial charge in [0.25, 0.3) is 6.43 Å². The van der Waals surface area contributed by atoms with Gasteiger partial charge >= 0.3 is 0 Å². The molecule has 2 N–H and O–H groups in total. The van der Waals surface area contributed by atoms with E-state index in [1.807, 2.05) is 6.07 Å². The van der Waals surface area contributed by atoms with Crippen molar-refractivity contribution in [2.75, 3.05) is 10.6 Å². The molecular formula is C23H26F3N5. The van der Waals surface area contributed by atoms with Crippen LogP contribution in [0.1, 0.15) is 68.4 Å². The van der Waals surface area contributed by atoms with E-state index in [9.17, 15) is 13.2 Å². The number of fused-ring (bicyclic) bond motifs is 1. The Bertz CT molecular complexity index is 1070. The zero-order valence-electron chi connectivity index (χ0n) is 17.6. The summed E-state index contributed by atoms with van der Waals surface area (Å²) in [5.41, 5.74) is 0.230. The van der Waals surface area contributed by atoms with E-state index in [0.717, 1.165) is 30.1 Å². The highest BCUT2D eigenvalue weighted by molar-refractivity contribution is 5.90. The molecule has 1 aliphatic rings. The molecule has 1 aliphatic carbocycles. The number of alkyl halides is 2. The molecule has 4 rings (SSSR count). The number of pyridine rings is 1. The first kappa shape index (κ1) is 21.3. The topological polar surface area (TPSA) is 62.7 Å². The second kappa shape index (κ2) is 9.08. The molecule has 2 heterocycles. The summed E-state index contributed by atoms with van der Waals surface area (Å²) in [7, 11) is 0. The Morgan fingerprint density at radius 1 is 1.06 bits per heavy atom. The van der Waals surface area contributed by atoms with Crippen molar-refractivity contribution >= 4 is 22.5 Å². The lowest BCUT2D eigenvalue weighted by molar-refractivity contribution is 0.146. The first-order chi connectivity index (χ1) is 14.9. The maximum absolute atomic E-state index is 14.6. The van der Waals surface area contributed by atoms with Crippen LogP contribution in [0.25, 0.3) is 10.9 Å². The van der Waals surface area contributed by atoms with Crippen LogP contribution in [0.3, 0.4) is 0 Å². The number of aryl methyl sites for hydroxylation is 1. The Morgan fingerprint density at radius 2 is 1.81 bits per heavy atom. The second-order valence-corrected chi connectivity index (χ2v) is 8.10. The number of anilines is 2. The second-order valence-electron chi connectivity index (χ2n) is 8.10. The molecule has 1 atom stereocenters. The van der Waals surface area contributed by atoms with Crippen LogP contribution in [0, 0.1) is 12.7 Å². The fourth-order valence-corrected chi connectivity index (χ4v) is 4.15. The largest absolute Gasteiger partial charge is 0.367 e. The quantitative estimate of drug-likeness (QED) is 0.480. The van der Waals surface area contributed by atoms with Crippen molar-refractivity contribution < 1.29 is 13.2 Å². The lowest BCUT2D eigenvalue weighted by Crippen LogP contribution is -2.22. The van der Waals surface area contributed by atoms with Gasteiger partial charge in [-0.25, -0.2) is 28.1 Å². The zero-order valence-corrected chi connectivity index (χ0v) is 17.6. The third-order valence-electron chi connectivity index (χ3n) is 5.76. The summed E-state index contributed by atoms with van der Waals surface area (Å²) in [5.74, 6) is 0.909. The number of hydrogen-bond donors (Lipinski definition) is 2. The molecule has 8 heteroatoms. The molecule has 1 saturated carbocycles. The Hall–Kier alpha value is -2.90. The first-order valence-electron chi connectivity index (χ1n) is 10.7. The molecule has 0 saturated heterocycles. The fraction of sp³-hybridized carbons (Fsp3) is 0.435. The van der Waals surface area contributed by atoms with E-state index < -0.39 is 23.8 Å². The lowest BCUT2D eigenvalue weighted by Gasteiger charge is -2.23. The normalized spacial score (nSPS) is 15.9. The number of aromatic nitrogens is 3. The van der Waals surface area contributed by atoms with Gasteiger partial charge in [0.1, 0.15) is 23.3 Å². The Kier molecular flexibility index (Phi) is 6.25. The van der Waals surface area contributed by atoms with Gasteiger partial charge in [0.15, 0.2) is 0 Å². The predicted octanol–water partition coefficient (Wildman–Crippen LogP) is 6.33. The molecule has 1 fully saturated rings. The molecule has 31 heavy (non-hydrogen) atoms. The van der Waals surface area contributed by atoms with Crippen LogP contribution >= 0.6 is 0 Å². The van der Waals surface area contributed by atoms with Crippen molar-refractivity contribution in [1.29, 1.82) is 0 Å². The molecule has 2 aromatic heterocycles. The van der Waals surface area contributed by atoms with Crippen molar-refractivity contribution in [2.24, 2.45) is 0 Å². The molecule has 0 amide bonds. The summed E-state index contributed by atoms with van der Waals surface area (Å²) in [6.07, 6.45) is 4.75. The molecule has 0 aliphatic heterocycles. The predicted molar refractivity (Wildman–Crippen MR) is 116 cm³/mol. The minimum Gasteiger partial charge on any atom is -0.367 e. The van der Waals surface area contributed by atoms with Gasteiger partial charge in [-0.15, -0.1) is 0 Å². The number of hydrogen-bond acceptors (Lipinski definition) is 5. The molecule has 1 aromatic carbocycles. The molecule has 0 unspecified atom stereocenters. The molecule has 5 nitrogen and oxygen atoms in total. The Labute approximate surface area is 179 Å². The smallest absolute Gasteiger partial charge is 0.266 e. The van der Waals surface area contributed by atoms with Crippen molar-refractivity contribution in [3.05, 3.63) is 53.2 Å². The average molecular weight is 429 g/mol. The van der Waals surface area contributed by atoms with Crippen molar-refractivity contribution in [1.82, 2.24) is 15.0 Å². The molecule has 164 valence electrons. The third kappa shape index (κ3) is 4.73. The number of halogens is 3. The van der Waals surface area contributed by atoms with Crippen molar-refractivity contribution in [3.8, 4) is 0 Å². The number of benzene rings is 1. The molecule has 0 spiro atoms. The van der Waals surface area contributed by atoms with Gasteiger partial charge in [-0.2, -0.15) is 0 Å². The van der Waals surface area contributed by atoms with Crippen LogP contribution in [0.2, 0.25) is 0 Å². The van der Waals surface area contributed by atoms with E-state index in [1.54, 1.807) is 20.0 Å². The van der Waals surface area contributed by atoms with Gasteiger partial charge < -0.3 is 10.6 Å². The van der Waals surface area contributed by atoms with Gasteiger partial charge in [-0.1, -0.05) is 37.5 Å². The van der Waals surface area contributed by atoms with E-state index in [1.165, 1.54) is 31.4 Å². The summed E-state index contributed by atoms with van der Waals surface area (Å²) >= 11 is 0. The minimum atomic E-state index is -2.87. The van der Waals surface area contributed by atoms with Crippen LogP contribution in [0.4, 0.5) is 24.8 Å². The van der Waals surface area contributed by atoms with Crippen molar-refractivity contribution in [2.45, 2.75) is 64.5 Å². The van der Waals surface area contributed by atoms with Crippen LogP contribution in [0.5, 0.6) is 0 Å². The SMILES string of the molecule is Cc1nc(N[C@H](C)c2cccc(C(F)F)c2F)c2cc(NC3CCCCC3)ncc2n1. The van der Waals surface area contributed by atoms with Gasteiger partial charge in [-0.3, -0.25) is 0 Å². The molecule has 3 aromatic rings. The van der Waals surface area contributed by atoms with Gasteiger partial charge in [0, 0.05) is 17.0 Å². The maximum atomic E-state index is 14.6. The molecular weight excluding hydrogens is 403 g/mol.